The summed E-state index contributed by atoms with van der Waals surface area (Å²) in [4.78, 5) is 15.3. The summed E-state index contributed by atoms with van der Waals surface area (Å²) in [5.41, 5.74) is 0. The number of carbonyl (C=O) groups excluding carboxylic acids is 1. The molecule has 0 bridgehead atoms. The predicted octanol–water partition coefficient (Wildman–Crippen LogP) is 3.05. The van der Waals surface area contributed by atoms with E-state index in [1.54, 1.807) is 0 Å². The standard InChI is InChI=1S/C18H34N2O3/c1-3-5-6-7-8-9-10-11-12-13-16-14-20(23,15-18(21)22)17(4-2)19-16/h16,23H,3-15H2,1-2H3. The van der Waals surface area contributed by atoms with Gasteiger partial charge in [0.15, 0.2) is 6.54 Å². The van der Waals surface area contributed by atoms with E-state index in [1.165, 1.54) is 51.4 Å². The van der Waals surface area contributed by atoms with Gasteiger partial charge in [0.2, 0.25) is 5.84 Å². The zero-order chi connectivity index (χ0) is 17.1. The molecular formula is C18H34N2O3. The highest BCUT2D eigenvalue weighted by Crippen LogP contribution is 2.22. The molecule has 0 aliphatic carbocycles. The number of rotatable bonds is 13. The molecule has 1 aliphatic rings. The molecule has 2 unspecified atom stereocenters. The van der Waals surface area contributed by atoms with Crippen LogP contribution in [0.5, 0.6) is 0 Å². The number of hydrogen-bond acceptors (Lipinski definition) is 4. The largest absolute Gasteiger partial charge is 0.544 e. The van der Waals surface area contributed by atoms with Crippen molar-refractivity contribution in [3.05, 3.63) is 0 Å². The molecule has 0 aromatic heterocycles. The van der Waals surface area contributed by atoms with Crippen LogP contribution in [0, 0.1) is 0 Å². The van der Waals surface area contributed by atoms with Crippen molar-refractivity contribution in [2.24, 2.45) is 4.99 Å². The number of carbonyl (C=O) groups is 1. The van der Waals surface area contributed by atoms with Gasteiger partial charge in [-0.05, 0) is 6.42 Å². The van der Waals surface area contributed by atoms with Crippen molar-refractivity contribution < 1.29 is 19.8 Å². The van der Waals surface area contributed by atoms with E-state index in [1.807, 2.05) is 6.92 Å². The smallest absolute Gasteiger partial charge is 0.231 e. The van der Waals surface area contributed by atoms with Crippen molar-refractivity contribution in [2.75, 3.05) is 13.1 Å². The van der Waals surface area contributed by atoms with Gasteiger partial charge in [-0.3, -0.25) is 0 Å². The Morgan fingerprint density at radius 3 is 2.22 bits per heavy atom. The number of amidine groups is 1. The van der Waals surface area contributed by atoms with Crippen LogP contribution >= 0.6 is 0 Å². The van der Waals surface area contributed by atoms with Gasteiger partial charge in [-0.15, -0.1) is 4.65 Å². The van der Waals surface area contributed by atoms with Gasteiger partial charge in [0, 0.05) is 6.42 Å². The van der Waals surface area contributed by atoms with Gasteiger partial charge in [0.05, 0.1) is 5.97 Å². The molecule has 2 atom stereocenters. The van der Waals surface area contributed by atoms with Crippen molar-refractivity contribution in [1.29, 1.82) is 0 Å². The number of hydrogen-bond donors (Lipinski definition) is 1. The lowest BCUT2D eigenvalue weighted by atomic mass is 10.0. The number of nitrogens with zero attached hydrogens (tertiary/aromatic N) is 2. The highest BCUT2D eigenvalue weighted by molar-refractivity contribution is 5.78. The van der Waals surface area contributed by atoms with E-state index in [4.69, 9.17) is 0 Å². The van der Waals surface area contributed by atoms with Crippen LogP contribution in [0.15, 0.2) is 4.99 Å². The van der Waals surface area contributed by atoms with E-state index in [2.05, 4.69) is 11.9 Å². The quantitative estimate of drug-likeness (QED) is 0.417. The summed E-state index contributed by atoms with van der Waals surface area (Å²) in [6.45, 7) is 4.13. The molecule has 1 rings (SSSR count). The van der Waals surface area contributed by atoms with Crippen LogP contribution in [-0.2, 0) is 4.79 Å². The van der Waals surface area contributed by atoms with Crippen LogP contribution in [0.3, 0.4) is 0 Å². The molecule has 1 heterocycles. The SMILES string of the molecule is CCCCCCCCCCCC1C[N+](O)(CC(=O)[O-])C(CC)=N1. The topological polar surface area (TPSA) is 72.7 Å². The Kier molecular flexibility index (Phi) is 9.41. The molecule has 0 saturated carbocycles. The minimum Gasteiger partial charge on any atom is -0.544 e. The molecule has 0 aromatic carbocycles. The highest BCUT2D eigenvalue weighted by Gasteiger charge is 2.41. The van der Waals surface area contributed by atoms with Gasteiger partial charge >= 0.3 is 0 Å². The molecule has 0 spiro atoms. The zero-order valence-corrected chi connectivity index (χ0v) is 14.9. The second kappa shape index (κ2) is 10.8. The summed E-state index contributed by atoms with van der Waals surface area (Å²) < 4.78 is -0.555. The van der Waals surface area contributed by atoms with Crippen molar-refractivity contribution >= 4 is 11.8 Å². The molecule has 1 N–H and O–H groups in total. The average molecular weight is 326 g/mol. The monoisotopic (exact) mass is 326 g/mol. The van der Waals surface area contributed by atoms with Crippen molar-refractivity contribution in [3.63, 3.8) is 0 Å². The van der Waals surface area contributed by atoms with E-state index in [0.717, 1.165) is 12.8 Å². The first-order valence-electron chi connectivity index (χ1n) is 9.38. The lowest BCUT2D eigenvalue weighted by Gasteiger charge is -2.26. The Balaban J connectivity index is 2.16. The molecule has 1 aliphatic heterocycles. The van der Waals surface area contributed by atoms with Crippen LogP contribution in [0.25, 0.3) is 0 Å². The number of carboxylic acid groups (broad SMARTS) is 1. The molecule has 23 heavy (non-hydrogen) atoms. The Morgan fingerprint density at radius 2 is 1.70 bits per heavy atom. The molecule has 5 heteroatoms. The van der Waals surface area contributed by atoms with Crippen LogP contribution in [0.2, 0.25) is 0 Å². The molecular weight excluding hydrogens is 292 g/mol. The number of hydroxylamine groups is 3. The number of aliphatic imine (C=N–C) groups is 1. The fraction of sp³-hybridized carbons (Fsp3) is 0.889. The van der Waals surface area contributed by atoms with Gasteiger partial charge in [0.25, 0.3) is 0 Å². The third-order valence-electron chi connectivity index (χ3n) is 4.67. The number of aliphatic carboxylic acids is 1. The third kappa shape index (κ3) is 7.44. The van der Waals surface area contributed by atoms with E-state index in [0.29, 0.717) is 18.8 Å². The van der Waals surface area contributed by atoms with Crippen molar-refractivity contribution in [2.45, 2.75) is 90.5 Å². The second-order valence-electron chi connectivity index (χ2n) is 6.81. The number of unbranched alkanes of at least 4 members (excludes halogenated alkanes) is 8. The van der Waals surface area contributed by atoms with E-state index < -0.39 is 10.6 Å². The highest BCUT2D eigenvalue weighted by atomic mass is 16.6. The summed E-state index contributed by atoms with van der Waals surface area (Å²) in [6, 6.07) is 0.0545. The molecule has 0 amide bonds. The summed E-state index contributed by atoms with van der Waals surface area (Å²) in [7, 11) is 0. The minimum atomic E-state index is -1.22. The molecule has 0 radical (unpaired) electrons. The molecule has 0 saturated heterocycles. The normalized spacial score (nSPS) is 24.0. The summed E-state index contributed by atoms with van der Waals surface area (Å²) in [5, 5.41) is 21.2. The van der Waals surface area contributed by atoms with Crippen molar-refractivity contribution in [3.8, 4) is 0 Å². The predicted molar refractivity (Wildman–Crippen MR) is 90.1 cm³/mol. The first kappa shape index (κ1) is 20.1. The lowest BCUT2D eigenvalue weighted by molar-refractivity contribution is -1.02. The van der Waals surface area contributed by atoms with Gasteiger partial charge < -0.3 is 9.90 Å². The first-order valence-corrected chi connectivity index (χ1v) is 9.38. The minimum absolute atomic E-state index is 0.0545. The van der Waals surface area contributed by atoms with Crippen LogP contribution in [0.1, 0.15) is 84.5 Å². The van der Waals surface area contributed by atoms with Gasteiger partial charge in [-0.25, -0.2) is 10.2 Å². The van der Waals surface area contributed by atoms with E-state index >= 15 is 0 Å². The zero-order valence-electron chi connectivity index (χ0n) is 14.9. The summed E-state index contributed by atoms with van der Waals surface area (Å²) in [5.74, 6) is -0.646. The molecule has 5 nitrogen and oxygen atoms in total. The third-order valence-corrected chi connectivity index (χ3v) is 4.67. The van der Waals surface area contributed by atoms with E-state index in [-0.39, 0.29) is 12.6 Å². The van der Waals surface area contributed by atoms with Crippen LogP contribution in [0.4, 0.5) is 0 Å². The fourth-order valence-corrected chi connectivity index (χ4v) is 3.41. The first-order chi connectivity index (χ1) is 11.0. The summed E-state index contributed by atoms with van der Waals surface area (Å²) in [6.07, 6.45) is 13.1. The summed E-state index contributed by atoms with van der Waals surface area (Å²) >= 11 is 0. The molecule has 0 fully saturated rings. The average Bonchev–Trinajstić information content (AvgIpc) is 2.80. The lowest BCUT2D eigenvalue weighted by Crippen LogP contribution is -2.54. The van der Waals surface area contributed by atoms with Crippen molar-refractivity contribution in [1.82, 2.24) is 0 Å². The maximum Gasteiger partial charge on any atom is 0.231 e. The van der Waals surface area contributed by atoms with Gasteiger partial charge in [-0.2, -0.15) is 0 Å². The molecule has 0 aromatic rings. The number of carboxylic acids is 1. The van der Waals surface area contributed by atoms with Gasteiger partial charge in [0.1, 0.15) is 12.6 Å². The maximum atomic E-state index is 10.8. The fourth-order valence-electron chi connectivity index (χ4n) is 3.41. The van der Waals surface area contributed by atoms with Gasteiger partial charge in [-0.1, -0.05) is 71.6 Å². The van der Waals surface area contributed by atoms with Crippen LogP contribution in [-0.4, -0.2) is 40.8 Å². The Hall–Kier alpha value is -0.940. The number of quaternary nitrogens is 1. The Morgan fingerprint density at radius 1 is 1.13 bits per heavy atom. The second-order valence-corrected chi connectivity index (χ2v) is 6.81. The van der Waals surface area contributed by atoms with Crippen LogP contribution < -0.4 is 5.11 Å². The molecule has 134 valence electrons. The Labute approximate surface area is 141 Å². The maximum absolute atomic E-state index is 10.8. The Bertz CT molecular complexity index is 384. The van der Waals surface area contributed by atoms with E-state index in [9.17, 15) is 15.1 Å².